The fourth-order valence-corrected chi connectivity index (χ4v) is 3.13. The van der Waals surface area contributed by atoms with Crippen LogP contribution in [-0.2, 0) is 6.42 Å². The van der Waals surface area contributed by atoms with Crippen LogP contribution < -0.4 is 5.32 Å². The van der Waals surface area contributed by atoms with Gasteiger partial charge < -0.3 is 5.32 Å². The van der Waals surface area contributed by atoms with Gasteiger partial charge in [0.2, 0.25) is 0 Å². The average Bonchev–Trinajstić information content (AvgIpc) is 2.96. The molecular formula is C16H16FN5. The highest BCUT2D eigenvalue weighted by Gasteiger charge is 2.21. The zero-order valence-electron chi connectivity index (χ0n) is 12.3. The molecule has 0 aliphatic heterocycles. The number of hydrogen-bond acceptors (Lipinski definition) is 4. The number of aromatic nitrogens is 4. The summed E-state index contributed by atoms with van der Waals surface area (Å²) in [5.41, 5.74) is 3.12. The maximum Gasteiger partial charge on any atom is 0.254 e. The lowest BCUT2D eigenvalue weighted by Crippen LogP contribution is -2.19. The number of halogens is 1. The molecule has 1 aliphatic carbocycles. The molecule has 0 fully saturated rings. The van der Waals surface area contributed by atoms with Crippen LogP contribution in [0.2, 0.25) is 0 Å². The van der Waals surface area contributed by atoms with Crippen molar-refractivity contribution in [1.82, 2.24) is 19.6 Å². The Labute approximate surface area is 127 Å². The topological polar surface area (TPSA) is 55.1 Å². The van der Waals surface area contributed by atoms with Gasteiger partial charge >= 0.3 is 0 Å². The van der Waals surface area contributed by atoms with E-state index in [9.17, 15) is 4.39 Å². The zero-order chi connectivity index (χ0) is 15.1. The van der Waals surface area contributed by atoms with Gasteiger partial charge in [-0.25, -0.2) is 9.37 Å². The second kappa shape index (κ2) is 5.05. The molecule has 1 N–H and O–H groups in total. The van der Waals surface area contributed by atoms with Gasteiger partial charge in [0.25, 0.3) is 5.78 Å². The molecule has 2 aromatic heterocycles. The van der Waals surface area contributed by atoms with Crippen LogP contribution in [0.5, 0.6) is 0 Å². The number of nitrogens with zero attached hydrogens (tertiary/aromatic N) is 4. The molecule has 112 valence electrons. The Kier molecular flexibility index (Phi) is 3.03. The monoisotopic (exact) mass is 297 g/mol. The van der Waals surface area contributed by atoms with Crippen LogP contribution in [0.3, 0.4) is 0 Å². The van der Waals surface area contributed by atoms with Gasteiger partial charge in [-0.05, 0) is 49.4 Å². The Balaban J connectivity index is 1.75. The van der Waals surface area contributed by atoms with E-state index in [4.69, 9.17) is 0 Å². The fourth-order valence-electron chi connectivity index (χ4n) is 3.13. The molecule has 0 saturated carbocycles. The highest BCUT2D eigenvalue weighted by molar-refractivity contribution is 5.48. The molecule has 22 heavy (non-hydrogen) atoms. The Bertz CT molecular complexity index is 842. The first kappa shape index (κ1) is 13.2. The molecule has 0 bridgehead atoms. The molecule has 5 nitrogen and oxygen atoms in total. The lowest BCUT2D eigenvalue weighted by Gasteiger charge is -2.27. The third-order valence-corrected chi connectivity index (χ3v) is 4.12. The molecule has 4 rings (SSSR count). The summed E-state index contributed by atoms with van der Waals surface area (Å²) < 4.78 is 15.3. The molecule has 1 aromatic carbocycles. The van der Waals surface area contributed by atoms with Crippen molar-refractivity contribution in [3.8, 4) is 0 Å². The zero-order valence-corrected chi connectivity index (χ0v) is 12.3. The summed E-state index contributed by atoms with van der Waals surface area (Å²) in [6, 6.07) is 7.08. The minimum atomic E-state index is -0.190. The van der Waals surface area contributed by atoms with Crippen LogP contribution in [0.1, 0.15) is 35.7 Å². The highest BCUT2D eigenvalue weighted by atomic mass is 19.1. The minimum absolute atomic E-state index is 0.0775. The number of anilines is 1. The van der Waals surface area contributed by atoms with Crippen LogP contribution in [0.4, 0.5) is 10.2 Å². The van der Waals surface area contributed by atoms with Crippen molar-refractivity contribution in [1.29, 1.82) is 0 Å². The van der Waals surface area contributed by atoms with E-state index >= 15 is 0 Å². The van der Waals surface area contributed by atoms with Crippen molar-refractivity contribution >= 4 is 11.6 Å². The molecular weight excluding hydrogens is 281 g/mol. The van der Waals surface area contributed by atoms with E-state index in [1.54, 1.807) is 10.6 Å². The molecule has 0 radical (unpaired) electrons. The lowest BCUT2D eigenvalue weighted by molar-refractivity contribution is 0.577. The van der Waals surface area contributed by atoms with Gasteiger partial charge in [-0.15, -0.1) is 0 Å². The van der Waals surface area contributed by atoms with Crippen molar-refractivity contribution in [2.45, 2.75) is 32.2 Å². The molecule has 6 heteroatoms. The molecule has 3 aromatic rings. The first-order valence-corrected chi connectivity index (χ1v) is 7.43. The Hall–Kier alpha value is -2.50. The maximum atomic E-state index is 13.6. The lowest BCUT2D eigenvalue weighted by atomic mass is 9.87. The molecule has 2 heterocycles. The average molecular weight is 297 g/mol. The Morgan fingerprint density at radius 2 is 2.23 bits per heavy atom. The summed E-state index contributed by atoms with van der Waals surface area (Å²) >= 11 is 0. The standard InChI is InChI=1S/C16H16FN5/c1-10-7-15(22-16(20-10)18-9-19-22)21-14-4-2-3-11-5-6-12(17)8-13(11)14/h5-9,14,21H,2-4H2,1H3. The summed E-state index contributed by atoms with van der Waals surface area (Å²) in [5.74, 6) is 1.21. The number of hydrogen-bond donors (Lipinski definition) is 1. The van der Waals surface area contributed by atoms with Gasteiger partial charge in [-0.3, -0.25) is 0 Å². The molecule has 0 amide bonds. The second-order valence-electron chi connectivity index (χ2n) is 5.69. The molecule has 1 unspecified atom stereocenters. The van der Waals surface area contributed by atoms with Crippen LogP contribution in [0.25, 0.3) is 5.78 Å². The summed E-state index contributed by atoms with van der Waals surface area (Å²) in [5, 5.41) is 7.69. The van der Waals surface area contributed by atoms with E-state index in [1.165, 1.54) is 18.0 Å². The predicted molar refractivity (Wildman–Crippen MR) is 81.2 cm³/mol. The van der Waals surface area contributed by atoms with Crippen LogP contribution in [-0.4, -0.2) is 19.6 Å². The minimum Gasteiger partial charge on any atom is -0.363 e. The van der Waals surface area contributed by atoms with Crippen molar-refractivity contribution in [2.24, 2.45) is 0 Å². The second-order valence-corrected chi connectivity index (χ2v) is 5.69. The normalized spacial score (nSPS) is 17.5. The molecule has 1 aliphatic rings. The van der Waals surface area contributed by atoms with Crippen LogP contribution in [0.15, 0.2) is 30.6 Å². The SMILES string of the molecule is Cc1cc(NC2CCCc3ccc(F)cc32)n2ncnc2n1. The number of rotatable bonds is 2. The van der Waals surface area contributed by atoms with Gasteiger partial charge in [-0.1, -0.05) is 6.07 Å². The van der Waals surface area contributed by atoms with Gasteiger partial charge in [0.05, 0.1) is 6.04 Å². The summed E-state index contributed by atoms with van der Waals surface area (Å²) in [4.78, 5) is 8.47. The Morgan fingerprint density at radius 1 is 1.32 bits per heavy atom. The first-order valence-electron chi connectivity index (χ1n) is 7.43. The van der Waals surface area contributed by atoms with Crippen LogP contribution >= 0.6 is 0 Å². The van der Waals surface area contributed by atoms with E-state index in [-0.39, 0.29) is 11.9 Å². The van der Waals surface area contributed by atoms with Gasteiger partial charge in [0.15, 0.2) is 0 Å². The quantitative estimate of drug-likeness (QED) is 0.790. The van der Waals surface area contributed by atoms with E-state index in [0.29, 0.717) is 5.78 Å². The van der Waals surface area contributed by atoms with Crippen molar-refractivity contribution in [3.05, 3.63) is 53.2 Å². The summed E-state index contributed by atoms with van der Waals surface area (Å²) in [6.45, 7) is 1.92. The third-order valence-electron chi connectivity index (χ3n) is 4.12. The first-order chi connectivity index (χ1) is 10.7. The van der Waals surface area contributed by atoms with E-state index in [0.717, 1.165) is 36.3 Å². The van der Waals surface area contributed by atoms with Gasteiger partial charge in [0.1, 0.15) is 18.0 Å². The number of benzene rings is 1. The Morgan fingerprint density at radius 3 is 3.14 bits per heavy atom. The van der Waals surface area contributed by atoms with E-state index in [2.05, 4.69) is 20.4 Å². The van der Waals surface area contributed by atoms with Crippen LogP contribution in [0, 0.1) is 12.7 Å². The highest BCUT2D eigenvalue weighted by Crippen LogP contribution is 2.33. The molecule has 0 spiro atoms. The van der Waals surface area contributed by atoms with E-state index in [1.807, 2.05) is 19.1 Å². The molecule has 0 saturated heterocycles. The number of aryl methyl sites for hydroxylation is 2. The van der Waals surface area contributed by atoms with Gasteiger partial charge in [0, 0.05) is 11.8 Å². The van der Waals surface area contributed by atoms with Gasteiger partial charge in [-0.2, -0.15) is 14.6 Å². The summed E-state index contributed by atoms with van der Waals surface area (Å²) in [7, 11) is 0. The fraction of sp³-hybridized carbons (Fsp3) is 0.312. The van der Waals surface area contributed by atoms with E-state index < -0.39 is 0 Å². The number of nitrogens with one attached hydrogen (secondary N) is 1. The number of fused-ring (bicyclic) bond motifs is 2. The molecule has 1 atom stereocenters. The van der Waals surface area contributed by atoms with Crippen molar-refractivity contribution < 1.29 is 4.39 Å². The van der Waals surface area contributed by atoms with Crippen molar-refractivity contribution in [2.75, 3.05) is 5.32 Å². The predicted octanol–water partition coefficient (Wildman–Crippen LogP) is 3.06. The van der Waals surface area contributed by atoms with Crippen molar-refractivity contribution in [3.63, 3.8) is 0 Å². The smallest absolute Gasteiger partial charge is 0.254 e. The largest absolute Gasteiger partial charge is 0.363 e. The maximum absolute atomic E-state index is 13.6. The summed E-state index contributed by atoms with van der Waals surface area (Å²) in [6.07, 6.45) is 4.54. The third kappa shape index (κ3) is 2.20.